The van der Waals surface area contributed by atoms with Crippen LogP contribution in [0.15, 0.2) is 4.52 Å². The summed E-state index contributed by atoms with van der Waals surface area (Å²) in [6, 6.07) is -0.109. The monoisotopic (exact) mass is 298 g/mol. The van der Waals surface area contributed by atoms with Crippen LogP contribution in [0, 0.1) is 13.8 Å². The molecule has 6 nitrogen and oxygen atoms in total. The van der Waals surface area contributed by atoms with Crippen LogP contribution in [0.2, 0.25) is 0 Å². The smallest absolute Gasteiger partial charge is 0.223 e. The average Bonchev–Trinajstić information content (AvgIpc) is 3.00. The van der Waals surface area contributed by atoms with Crippen LogP contribution < -0.4 is 0 Å². The topological polar surface area (TPSA) is 80.5 Å². The lowest BCUT2D eigenvalue weighted by atomic mass is 10.1. The number of rotatable bonds is 3. The number of likely N-dealkylation sites (tertiary alicyclic amines) is 1. The fourth-order valence-electron chi connectivity index (χ4n) is 3.24. The van der Waals surface area contributed by atoms with Crippen molar-refractivity contribution in [2.45, 2.75) is 44.4 Å². The first-order valence-corrected chi connectivity index (χ1v) is 8.53. The quantitative estimate of drug-likeness (QED) is 0.817. The summed E-state index contributed by atoms with van der Waals surface area (Å²) in [6.07, 6.45) is 1.59. The Labute approximate surface area is 118 Å². The Morgan fingerprint density at radius 2 is 2.20 bits per heavy atom. The summed E-state index contributed by atoms with van der Waals surface area (Å²) in [4.78, 5) is 14.0. The first-order chi connectivity index (χ1) is 9.38. The van der Waals surface area contributed by atoms with E-state index in [1.54, 1.807) is 4.90 Å². The minimum absolute atomic E-state index is 0.0346. The van der Waals surface area contributed by atoms with Gasteiger partial charge in [-0.15, -0.1) is 0 Å². The zero-order valence-electron chi connectivity index (χ0n) is 11.6. The molecule has 2 atom stereocenters. The van der Waals surface area contributed by atoms with E-state index in [9.17, 15) is 13.2 Å². The van der Waals surface area contributed by atoms with Crippen molar-refractivity contribution in [1.82, 2.24) is 10.1 Å². The highest BCUT2D eigenvalue weighted by atomic mass is 32.2. The number of sulfone groups is 1. The molecule has 2 bridgehead atoms. The van der Waals surface area contributed by atoms with E-state index in [-0.39, 0.29) is 23.0 Å². The maximum absolute atomic E-state index is 12.2. The van der Waals surface area contributed by atoms with E-state index >= 15 is 0 Å². The van der Waals surface area contributed by atoms with Crippen molar-refractivity contribution >= 4 is 15.7 Å². The lowest BCUT2D eigenvalue weighted by Gasteiger charge is -2.26. The van der Waals surface area contributed by atoms with Crippen LogP contribution in [-0.4, -0.2) is 48.0 Å². The number of nitrogens with zero attached hydrogens (tertiary/aromatic N) is 2. The number of carbonyl (C=O) groups excluding carboxylic acids is 1. The average molecular weight is 298 g/mol. The van der Waals surface area contributed by atoms with Gasteiger partial charge in [0.05, 0.1) is 16.7 Å². The van der Waals surface area contributed by atoms with Crippen molar-refractivity contribution in [2.75, 3.05) is 12.3 Å². The molecule has 3 rings (SSSR count). The standard InChI is InChI=1S/C13H18N2O4S/c1-8-12(9(2)19-14-8)3-4-13(16)15-6-11-5-10(15)7-20(11,17)18/h10-11H,3-7H2,1-2H3. The van der Waals surface area contributed by atoms with Crippen molar-refractivity contribution < 1.29 is 17.7 Å². The number of hydrogen-bond donors (Lipinski definition) is 0. The summed E-state index contributed by atoms with van der Waals surface area (Å²) in [5.41, 5.74) is 1.80. The maximum atomic E-state index is 12.2. The van der Waals surface area contributed by atoms with Gasteiger partial charge in [0.15, 0.2) is 9.84 Å². The van der Waals surface area contributed by atoms with Crippen LogP contribution in [0.1, 0.15) is 29.9 Å². The SMILES string of the molecule is Cc1noc(C)c1CCC(=O)N1CC2CC1CS2(=O)=O. The minimum atomic E-state index is -2.94. The molecule has 0 spiro atoms. The van der Waals surface area contributed by atoms with Crippen molar-refractivity contribution in [3.63, 3.8) is 0 Å². The zero-order chi connectivity index (χ0) is 14.5. The van der Waals surface area contributed by atoms with Gasteiger partial charge < -0.3 is 9.42 Å². The molecular weight excluding hydrogens is 280 g/mol. The van der Waals surface area contributed by atoms with Gasteiger partial charge in [-0.25, -0.2) is 8.42 Å². The van der Waals surface area contributed by atoms with Gasteiger partial charge in [0, 0.05) is 24.6 Å². The van der Waals surface area contributed by atoms with Gasteiger partial charge in [-0.2, -0.15) is 0 Å². The van der Waals surface area contributed by atoms with Gasteiger partial charge in [-0.3, -0.25) is 4.79 Å². The molecular formula is C13H18N2O4S. The van der Waals surface area contributed by atoms with Gasteiger partial charge in [-0.05, 0) is 26.7 Å². The molecule has 0 radical (unpaired) electrons. The van der Waals surface area contributed by atoms with Gasteiger partial charge in [0.2, 0.25) is 5.91 Å². The summed E-state index contributed by atoms with van der Waals surface area (Å²) in [6.45, 7) is 4.07. The number of aromatic nitrogens is 1. The fourth-order valence-corrected chi connectivity index (χ4v) is 5.26. The molecule has 20 heavy (non-hydrogen) atoms. The lowest BCUT2D eigenvalue weighted by molar-refractivity contribution is -0.131. The lowest BCUT2D eigenvalue weighted by Crippen LogP contribution is -2.44. The molecule has 1 aromatic heterocycles. The molecule has 2 saturated heterocycles. The number of aryl methyl sites for hydroxylation is 2. The first-order valence-electron chi connectivity index (χ1n) is 6.81. The Morgan fingerprint density at radius 3 is 2.70 bits per heavy atom. The van der Waals surface area contributed by atoms with Crippen molar-refractivity contribution in [3.8, 4) is 0 Å². The Kier molecular flexibility index (Phi) is 3.12. The van der Waals surface area contributed by atoms with E-state index in [2.05, 4.69) is 5.16 Å². The largest absolute Gasteiger partial charge is 0.361 e. The second-order valence-electron chi connectivity index (χ2n) is 5.69. The molecule has 2 aliphatic heterocycles. The number of amides is 1. The molecule has 110 valence electrons. The van der Waals surface area contributed by atoms with Crippen LogP contribution in [0.3, 0.4) is 0 Å². The van der Waals surface area contributed by atoms with Crippen molar-refractivity contribution in [2.24, 2.45) is 0 Å². The molecule has 2 fully saturated rings. The van der Waals surface area contributed by atoms with E-state index in [1.807, 2.05) is 13.8 Å². The summed E-state index contributed by atoms with van der Waals surface area (Å²) in [5.74, 6) is 0.919. The predicted molar refractivity (Wildman–Crippen MR) is 72.0 cm³/mol. The Hall–Kier alpha value is -1.37. The third-order valence-corrected chi connectivity index (χ3v) is 6.61. The molecule has 2 aliphatic rings. The molecule has 1 aromatic rings. The Morgan fingerprint density at radius 1 is 1.45 bits per heavy atom. The molecule has 1 amide bonds. The van der Waals surface area contributed by atoms with E-state index in [1.165, 1.54) is 0 Å². The van der Waals surface area contributed by atoms with E-state index in [0.29, 0.717) is 25.8 Å². The third-order valence-electron chi connectivity index (χ3n) is 4.40. The molecule has 2 unspecified atom stereocenters. The van der Waals surface area contributed by atoms with Crippen LogP contribution >= 0.6 is 0 Å². The van der Waals surface area contributed by atoms with Gasteiger partial charge in [0.1, 0.15) is 5.76 Å². The van der Waals surface area contributed by atoms with Gasteiger partial charge in [0.25, 0.3) is 0 Å². The summed E-state index contributed by atoms with van der Waals surface area (Å²) in [5, 5.41) is 3.53. The number of hydrogen-bond acceptors (Lipinski definition) is 5. The van der Waals surface area contributed by atoms with Crippen molar-refractivity contribution in [3.05, 3.63) is 17.0 Å². The zero-order valence-corrected chi connectivity index (χ0v) is 12.4. The summed E-state index contributed by atoms with van der Waals surface area (Å²) < 4.78 is 28.4. The van der Waals surface area contributed by atoms with Crippen LogP contribution in [-0.2, 0) is 21.1 Å². The predicted octanol–water partition coefficient (Wildman–Crippen LogP) is 0.622. The van der Waals surface area contributed by atoms with Crippen LogP contribution in [0.4, 0.5) is 0 Å². The molecule has 3 heterocycles. The minimum Gasteiger partial charge on any atom is -0.361 e. The fraction of sp³-hybridized carbons (Fsp3) is 0.692. The highest BCUT2D eigenvalue weighted by Crippen LogP contribution is 2.33. The maximum Gasteiger partial charge on any atom is 0.223 e. The van der Waals surface area contributed by atoms with Crippen molar-refractivity contribution in [1.29, 1.82) is 0 Å². The first kappa shape index (κ1) is 13.6. The van der Waals surface area contributed by atoms with Gasteiger partial charge in [-0.1, -0.05) is 5.16 Å². The van der Waals surface area contributed by atoms with E-state index < -0.39 is 9.84 Å². The Bertz CT molecular complexity index is 630. The van der Waals surface area contributed by atoms with E-state index in [4.69, 9.17) is 4.52 Å². The molecule has 0 aromatic carbocycles. The second kappa shape index (κ2) is 4.58. The van der Waals surface area contributed by atoms with Crippen LogP contribution in [0.25, 0.3) is 0 Å². The van der Waals surface area contributed by atoms with Crippen LogP contribution in [0.5, 0.6) is 0 Å². The molecule has 0 aliphatic carbocycles. The summed E-state index contributed by atoms with van der Waals surface area (Å²) in [7, 11) is -2.94. The highest BCUT2D eigenvalue weighted by molar-refractivity contribution is 7.92. The summed E-state index contributed by atoms with van der Waals surface area (Å²) >= 11 is 0. The normalized spacial score (nSPS) is 27.2. The van der Waals surface area contributed by atoms with Gasteiger partial charge >= 0.3 is 0 Å². The molecule has 7 heteroatoms. The number of carbonyl (C=O) groups is 1. The number of fused-ring (bicyclic) bond motifs is 2. The third kappa shape index (κ3) is 2.13. The molecule has 0 saturated carbocycles. The molecule has 0 N–H and O–H groups in total. The Balaban J connectivity index is 1.62. The second-order valence-corrected chi connectivity index (χ2v) is 8.02. The van der Waals surface area contributed by atoms with E-state index in [0.717, 1.165) is 17.0 Å². The highest BCUT2D eigenvalue weighted by Gasteiger charge is 2.49.